The second kappa shape index (κ2) is 4.04. The van der Waals surface area contributed by atoms with Gasteiger partial charge in [0.1, 0.15) is 5.76 Å². The van der Waals surface area contributed by atoms with Crippen molar-refractivity contribution >= 4 is 0 Å². The highest BCUT2D eigenvalue weighted by Crippen LogP contribution is 2.40. The second-order valence-electron chi connectivity index (χ2n) is 4.76. The summed E-state index contributed by atoms with van der Waals surface area (Å²) in [5, 5.41) is 9.04. The van der Waals surface area contributed by atoms with Crippen LogP contribution in [0.25, 0.3) is 0 Å². The lowest BCUT2D eigenvalue weighted by atomic mass is 9.72. The summed E-state index contributed by atoms with van der Waals surface area (Å²) in [5.74, 6) is 0.131. The van der Waals surface area contributed by atoms with Gasteiger partial charge in [0.25, 0.3) is 0 Å². The summed E-state index contributed by atoms with van der Waals surface area (Å²) in [6.45, 7) is 10.2. The highest BCUT2D eigenvalue weighted by atomic mass is 16.3. The number of rotatable bonds is 2. The van der Waals surface area contributed by atoms with E-state index in [1.54, 1.807) is 6.08 Å². The molecule has 0 saturated heterocycles. The predicted octanol–water partition coefficient (Wildman–Crippen LogP) is 4.14. The van der Waals surface area contributed by atoms with E-state index in [1.165, 1.54) is 30.4 Å². The molecule has 0 saturated carbocycles. The minimum atomic E-state index is 0.131. The van der Waals surface area contributed by atoms with E-state index in [0.717, 1.165) is 0 Å². The fourth-order valence-electron chi connectivity index (χ4n) is 2.19. The number of aliphatic hydroxyl groups is 1. The molecule has 0 fully saturated rings. The van der Waals surface area contributed by atoms with Crippen LogP contribution in [0.15, 0.2) is 35.6 Å². The van der Waals surface area contributed by atoms with E-state index < -0.39 is 0 Å². The van der Waals surface area contributed by atoms with Crippen molar-refractivity contribution in [3.05, 3.63) is 35.6 Å². The topological polar surface area (TPSA) is 20.2 Å². The Morgan fingerprint density at radius 1 is 1.50 bits per heavy atom. The van der Waals surface area contributed by atoms with Gasteiger partial charge in [0, 0.05) is 0 Å². The first-order chi connectivity index (χ1) is 6.43. The molecule has 78 valence electrons. The van der Waals surface area contributed by atoms with Crippen molar-refractivity contribution < 1.29 is 5.11 Å². The van der Waals surface area contributed by atoms with Crippen LogP contribution < -0.4 is 0 Å². The Kier molecular flexibility index (Phi) is 3.20. The van der Waals surface area contributed by atoms with Crippen molar-refractivity contribution in [1.29, 1.82) is 0 Å². The first-order valence-electron chi connectivity index (χ1n) is 5.19. The van der Waals surface area contributed by atoms with Gasteiger partial charge >= 0.3 is 0 Å². The molecule has 0 atom stereocenters. The molecule has 0 aromatic carbocycles. The molecule has 14 heavy (non-hydrogen) atoms. The molecule has 1 heteroatoms. The van der Waals surface area contributed by atoms with Crippen molar-refractivity contribution in [3.8, 4) is 0 Å². The van der Waals surface area contributed by atoms with E-state index in [4.69, 9.17) is 5.11 Å². The summed E-state index contributed by atoms with van der Waals surface area (Å²) in [7, 11) is 0. The Hall–Kier alpha value is -0.980. The summed E-state index contributed by atoms with van der Waals surface area (Å²) in [6, 6.07) is 0. The maximum absolute atomic E-state index is 9.04. The van der Waals surface area contributed by atoms with Gasteiger partial charge in [-0.25, -0.2) is 0 Å². The molecule has 0 amide bonds. The van der Waals surface area contributed by atoms with Crippen LogP contribution in [0.3, 0.4) is 0 Å². The molecule has 1 aliphatic rings. The maximum atomic E-state index is 9.04. The zero-order chi connectivity index (χ0) is 10.8. The lowest BCUT2D eigenvalue weighted by Gasteiger charge is -2.32. The Labute approximate surface area is 86.8 Å². The molecule has 0 aliphatic heterocycles. The standard InChI is InChI=1S/C13H20O/c1-10-6-5-9-13(3,4)12(10)8-7-11(2)14/h7-8,14H,2,5-6,9H2,1,3-4H3. The van der Waals surface area contributed by atoms with E-state index in [2.05, 4.69) is 27.4 Å². The third kappa shape index (κ3) is 2.50. The van der Waals surface area contributed by atoms with Gasteiger partial charge in [-0.15, -0.1) is 0 Å². The summed E-state index contributed by atoms with van der Waals surface area (Å²) in [5.41, 5.74) is 3.05. The molecule has 0 aromatic heterocycles. The van der Waals surface area contributed by atoms with Gasteiger partial charge in [0.15, 0.2) is 0 Å². The van der Waals surface area contributed by atoms with Crippen molar-refractivity contribution in [2.45, 2.75) is 40.0 Å². The van der Waals surface area contributed by atoms with Crippen molar-refractivity contribution in [1.82, 2.24) is 0 Å². The van der Waals surface area contributed by atoms with Gasteiger partial charge in [-0.3, -0.25) is 0 Å². The van der Waals surface area contributed by atoms with Crippen LogP contribution >= 0.6 is 0 Å². The molecule has 0 aromatic rings. The monoisotopic (exact) mass is 192 g/mol. The Balaban J connectivity index is 2.96. The molecular weight excluding hydrogens is 172 g/mol. The van der Waals surface area contributed by atoms with Crippen molar-refractivity contribution in [2.75, 3.05) is 0 Å². The highest BCUT2D eigenvalue weighted by Gasteiger charge is 2.26. The maximum Gasteiger partial charge on any atom is 0.108 e. The molecule has 0 radical (unpaired) electrons. The summed E-state index contributed by atoms with van der Waals surface area (Å²) in [4.78, 5) is 0. The summed E-state index contributed by atoms with van der Waals surface area (Å²) < 4.78 is 0. The first-order valence-corrected chi connectivity index (χ1v) is 5.19. The van der Waals surface area contributed by atoms with Crippen LogP contribution in [-0.2, 0) is 0 Å². The normalized spacial score (nSPS) is 21.6. The molecule has 1 N–H and O–H groups in total. The van der Waals surface area contributed by atoms with Crippen molar-refractivity contribution in [2.24, 2.45) is 5.41 Å². The van der Waals surface area contributed by atoms with Crippen LogP contribution in [0.2, 0.25) is 0 Å². The Morgan fingerprint density at radius 3 is 2.64 bits per heavy atom. The molecule has 0 bridgehead atoms. The largest absolute Gasteiger partial charge is 0.509 e. The van der Waals surface area contributed by atoms with Crippen LogP contribution in [0.4, 0.5) is 0 Å². The SMILES string of the molecule is C=C(O)C=CC1=C(C)CCCC1(C)C. The lowest BCUT2D eigenvalue weighted by molar-refractivity contribution is 0.376. The fraction of sp³-hybridized carbons (Fsp3) is 0.538. The molecular formula is C13H20O. The van der Waals surface area contributed by atoms with Gasteiger partial charge in [-0.05, 0) is 43.3 Å². The lowest BCUT2D eigenvalue weighted by Crippen LogP contribution is -2.19. The summed E-state index contributed by atoms with van der Waals surface area (Å²) >= 11 is 0. The number of allylic oxidation sites excluding steroid dienone is 4. The number of aliphatic hydroxyl groups excluding tert-OH is 1. The molecule has 0 spiro atoms. The fourth-order valence-corrected chi connectivity index (χ4v) is 2.19. The van der Waals surface area contributed by atoms with Crippen LogP contribution in [0.5, 0.6) is 0 Å². The number of hydrogen-bond donors (Lipinski definition) is 1. The van der Waals surface area contributed by atoms with E-state index in [0.29, 0.717) is 0 Å². The predicted molar refractivity (Wildman–Crippen MR) is 61.2 cm³/mol. The molecule has 1 nitrogen and oxygen atoms in total. The van der Waals surface area contributed by atoms with Gasteiger partial charge in [-0.1, -0.05) is 32.1 Å². The van der Waals surface area contributed by atoms with E-state index in [9.17, 15) is 0 Å². The van der Waals surface area contributed by atoms with Crippen LogP contribution in [0, 0.1) is 5.41 Å². The van der Waals surface area contributed by atoms with Gasteiger partial charge < -0.3 is 5.11 Å². The van der Waals surface area contributed by atoms with E-state index >= 15 is 0 Å². The zero-order valence-electron chi connectivity index (χ0n) is 9.43. The van der Waals surface area contributed by atoms with E-state index in [1.807, 2.05) is 6.08 Å². The minimum absolute atomic E-state index is 0.131. The Bertz CT molecular complexity index is 292. The average molecular weight is 192 g/mol. The molecule has 0 heterocycles. The van der Waals surface area contributed by atoms with Gasteiger partial charge in [-0.2, -0.15) is 0 Å². The zero-order valence-corrected chi connectivity index (χ0v) is 9.43. The quantitative estimate of drug-likeness (QED) is 0.515. The van der Waals surface area contributed by atoms with Crippen LogP contribution in [0.1, 0.15) is 40.0 Å². The molecule has 1 aliphatic carbocycles. The highest BCUT2D eigenvalue weighted by molar-refractivity contribution is 5.34. The smallest absolute Gasteiger partial charge is 0.108 e. The van der Waals surface area contributed by atoms with Gasteiger partial charge in [0.2, 0.25) is 0 Å². The average Bonchev–Trinajstić information content (AvgIpc) is 2.01. The van der Waals surface area contributed by atoms with E-state index in [-0.39, 0.29) is 11.2 Å². The third-order valence-corrected chi connectivity index (χ3v) is 2.98. The first kappa shape index (κ1) is 11.1. The van der Waals surface area contributed by atoms with Crippen LogP contribution in [-0.4, -0.2) is 5.11 Å². The number of hydrogen-bond acceptors (Lipinski definition) is 1. The molecule has 0 unspecified atom stereocenters. The summed E-state index contributed by atoms with van der Waals surface area (Å²) in [6.07, 6.45) is 7.38. The Morgan fingerprint density at radius 2 is 2.14 bits per heavy atom. The third-order valence-electron chi connectivity index (χ3n) is 2.98. The second-order valence-corrected chi connectivity index (χ2v) is 4.76. The van der Waals surface area contributed by atoms with Gasteiger partial charge in [0.05, 0.1) is 0 Å². The molecule has 1 rings (SSSR count). The minimum Gasteiger partial charge on any atom is -0.509 e. The van der Waals surface area contributed by atoms with Crippen molar-refractivity contribution in [3.63, 3.8) is 0 Å².